The van der Waals surface area contributed by atoms with Gasteiger partial charge in [-0.3, -0.25) is 43.7 Å². The van der Waals surface area contributed by atoms with Crippen molar-refractivity contribution >= 4 is 57.8 Å². The Labute approximate surface area is 346 Å². The fourth-order valence-corrected chi connectivity index (χ4v) is 8.26. The van der Waals surface area contributed by atoms with E-state index < -0.39 is 29.7 Å². The number of aromatic nitrogens is 6. The van der Waals surface area contributed by atoms with E-state index in [2.05, 4.69) is 36.4 Å². The van der Waals surface area contributed by atoms with Crippen LogP contribution in [0.2, 0.25) is 0 Å². The molecule has 4 amide bonds. The summed E-state index contributed by atoms with van der Waals surface area (Å²) in [6, 6.07) is 4.87. The van der Waals surface area contributed by atoms with E-state index in [1.54, 1.807) is 35.3 Å². The summed E-state index contributed by atoms with van der Waals surface area (Å²) in [4.78, 5) is 63.3. The fourth-order valence-electron chi connectivity index (χ4n) is 8.26. The third kappa shape index (κ3) is 9.57. The van der Waals surface area contributed by atoms with Gasteiger partial charge in [0.05, 0.1) is 88.6 Å². The number of aryl methyl sites for hydroxylation is 1. The van der Waals surface area contributed by atoms with Crippen LogP contribution in [0.5, 0.6) is 0 Å². The van der Waals surface area contributed by atoms with E-state index in [1.165, 1.54) is 0 Å². The van der Waals surface area contributed by atoms with Gasteiger partial charge in [0.25, 0.3) is 11.8 Å². The summed E-state index contributed by atoms with van der Waals surface area (Å²) in [7, 11) is 1.91. The molecule has 1 aromatic carbocycles. The molecule has 20 heteroatoms. The Balaban J connectivity index is 0.701. The molecular formula is C40H52N12O8. The summed E-state index contributed by atoms with van der Waals surface area (Å²) in [5, 5.41) is 21.3. The maximum absolute atomic E-state index is 13.2. The largest absolute Gasteiger partial charge is 0.382 e. The van der Waals surface area contributed by atoms with Gasteiger partial charge in [0.1, 0.15) is 17.1 Å². The van der Waals surface area contributed by atoms with Crippen LogP contribution in [0, 0.1) is 0 Å². The van der Waals surface area contributed by atoms with Crippen molar-refractivity contribution < 1.29 is 38.1 Å². The summed E-state index contributed by atoms with van der Waals surface area (Å²) < 4.78 is 26.2. The van der Waals surface area contributed by atoms with Gasteiger partial charge in [0.15, 0.2) is 5.82 Å². The molecule has 8 rings (SSSR count). The summed E-state index contributed by atoms with van der Waals surface area (Å²) in [5.41, 5.74) is 3.31. The number of amides is 4. The topological polar surface area (TPSA) is 221 Å². The molecule has 3 aromatic heterocycles. The first-order valence-electron chi connectivity index (χ1n) is 20.7. The van der Waals surface area contributed by atoms with Gasteiger partial charge in [-0.2, -0.15) is 15.2 Å². The Morgan fingerprint density at radius 3 is 2.42 bits per heavy atom. The number of piperidine rings is 1. The Morgan fingerprint density at radius 2 is 1.63 bits per heavy atom. The minimum Gasteiger partial charge on any atom is -0.382 e. The lowest BCUT2D eigenvalue weighted by atomic mass is 9.90. The van der Waals surface area contributed by atoms with E-state index in [4.69, 9.17) is 28.9 Å². The lowest BCUT2D eigenvalue weighted by Crippen LogP contribution is -2.54. The predicted octanol–water partition coefficient (Wildman–Crippen LogP) is 1.92. The number of nitrogens with one attached hydrogen (secondary N) is 4. The Kier molecular flexibility index (Phi) is 13.2. The minimum atomic E-state index is -1.01. The predicted molar refractivity (Wildman–Crippen MR) is 218 cm³/mol. The van der Waals surface area contributed by atoms with Crippen LogP contribution in [-0.4, -0.2) is 154 Å². The van der Waals surface area contributed by atoms with Crippen LogP contribution in [0.3, 0.4) is 0 Å². The molecule has 20 nitrogen and oxygen atoms in total. The zero-order valence-electron chi connectivity index (χ0n) is 33.8. The van der Waals surface area contributed by atoms with Gasteiger partial charge in [0, 0.05) is 57.1 Å². The van der Waals surface area contributed by atoms with Gasteiger partial charge in [-0.05, 0) is 44.2 Å². The number of morpholine rings is 1. The summed E-state index contributed by atoms with van der Waals surface area (Å²) in [6.45, 7) is 6.99. The normalized spacial score (nSPS) is 21.1. The molecule has 0 bridgehead atoms. The van der Waals surface area contributed by atoms with E-state index in [0.29, 0.717) is 76.5 Å². The molecule has 1 saturated carbocycles. The molecule has 4 aromatic rings. The monoisotopic (exact) mass is 828 g/mol. The van der Waals surface area contributed by atoms with Crippen LogP contribution in [0.1, 0.15) is 59.2 Å². The number of ether oxygens (including phenoxy) is 4. The zero-order valence-corrected chi connectivity index (χ0v) is 33.8. The Morgan fingerprint density at radius 1 is 0.867 bits per heavy atom. The Hall–Kier alpha value is -5.54. The third-order valence-corrected chi connectivity index (χ3v) is 11.3. The summed E-state index contributed by atoms with van der Waals surface area (Å²) in [5.74, 6) is -0.916. The number of carbonyl (C=O) groups is 4. The second-order valence-corrected chi connectivity index (χ2v) is 15.3. The number of nitrogens with zero attached hydrogens (tertiary/aromatic N) is 8. The number of benzene rings is 1. The van der Waals surface area contributed by atoms with Gasteiger partial charge in [0.2, 0.25) is 17.8 Å². The standard InChI is InChI=1S/C40H52N12O8/c1-49-35-31(24-42-49)46-40(48-36(35)44-26-5-7-28(8-6-26)50-12-16-58-17-13-50)45-27-23-43-51(25-27)14-18-59-20-22-60-21-19-57-15-11-41-30-4-2-3-29-34(30)39(56)52(38(29)55)32-9-10-33(53)47-37(32)54/h2-4,23-26,28,32,41H,5-22H2,1H3,(H,47,53,54)(H2,44,45,46,48)/t26-,28-,32?. The van der Waals surface area contributed by atoms with Gasteiger partial charge in [-0.25, -0.2) is 4.98 Å². The van der Waals surface area contributed by atoms with Crippen LogP contribution in [0.25, 0.3) is 11.0 Å². The molecular weight excluding hydrogens is 777 g/mol. The second-order valence-electron chi connectivity index (χ2n) is 15.3. The van der Waals surface area contributed by atoms with Crippen molar-refractivity contribution in [2.24, 2.45) is 7.05 Å². The highest BCUT2D eigenvalue weighted by Crippen LogP contribution is 2.33. The number of hydrogen-bond acceptors (Lipinski definition) is 16. The average molecular weight is 829 g/mol. The molecule has 0 spiro atoms. The first-order chi connectivity index (χ1) is 29.3. The molecule has 3 fully saturated rings. The maximum atomic E-state index is 13.2. The maximum Gasteiger partial charge on any atom is 0.264 e. The number of imide groups is 2. The van der Waals surface area contributed by atoms with E-state index in [-0.39, 0.29) is 24.0 Å². The van der Waals surface area contributed by atoms with Crippen LogP contribution >= 0.6 is 0 Å². The smallest absolute Gasteiger partial charge is 0.264 e. The average Bonchev–Trinajstić information content (AvgIpc) is 3.94. The third-order valence-electron chi connectivity index (χ3n) is 11.3. The second kappa shape index (κ2) is 19.2. The first-order valence-corrected chi connectivity index (χ1v) is 20.7. The molecule has 0 radical (unpaired) electrons. The van der Waals surface area contributed by atoms with Crippen LogP contribution in [0.15, 0.2) is 36.8 Å². The first kappa shape index (κ1) is 41.2. The van der Waals surface area contributed by atoms with E-state index in [9.17, 15) is 19.2 Å². The molecule has 60 heavy (non-hydrogen) atoms. The molecule has 1 unspecified atom stereocenters. The molecule has 4 aliphatic rings. The van der Waals surface area contributed by atoms with E-state index in [0.717, 1.165) is 79.4 Å². The van der Waals surface area contributed by atoms with Crippen molar-refractivity contribution in [1.29, 1.82) is 0 Å². The quantitative estimate of drug-likeness (QED) is 0.0784. The minimum absolute atomic E-state index is 0.0645. The number of rotatable bonds is 19. The zero-order chi connectivity index (χ0) is 41.4. The molecule has 320 valence electrons. The van der Waals surface area contributed by atoms with E-state index in [1.807, 2.05) is 17.9 Å². The fraction of sp³-hybridized carbons (Fsp3) is 0.550. The van der Waals surface area contributed by atoms with Crippen molar-refractivity contribution in [3.05, 3.63) is 47.9 Å². The molecule has 3 aliphatic heterocycles. The van der Waals surface area contributed by atoms with Gasteiger partial charge in [-0.15, -0.1) is 0 Å². The number of anilines is 4. The molecule has 6 heterocycles. The van der Waals surface area contributed by atoms with Crippen molar-refractivity contribution in [3.63, 3.8) is 0 Å². The highest BCUT2D eigenvalue weighted by atomic mass is 16.5. The van der Waals surface area contributed by atoms with Gasteiger partial charge in [-0.1, -0.05) is 6.07 Å². The van der Waals surface area contributed by atoms with Crippen LogP contribution in [0.4, 0.5) is 23.1 Å². The summed E-state index contributed by atoms with van der Waals surface area (Å²) >= 11 is 0. The summed E-state index contributed by atoms with van der Waals surface area (Å²) in [6.07, 6.45) is 10.0. The van der Waals surface area contributed by atoms with Crippen molar-refractivity contribution in [2.75, 3.05) is 88.4 Å². The number of fused-ring (bicyclic) bond motifs is 2. The van der Waals surface area contributed by atoms with E-state index >= 15 is 0 Å². The van der Waals surface area contributed by atoms with Gasteiger partial charge >= 0.3 is 0 Å². The van der Waals surface area contributed by atoms with Crippen molar-refractivity contribution in [3.8, 4) is 0 Å². The Bertz CT molecular complexity index is 2160. The van der Waals surface area contributed by atoms with Crippen LogP contribution < -0.4 is 21.3 Å². The van der Waals surface area contributed by atoms with Crippen LogP contribution in [-0.2, 0) is 42.1 Å². The lowest BCUT2D eigenvalue weighted by molar-refractivity contribution is -0.136. The molecule has 1 atom stereocenters. The number of carbonyl (C=O) groups excluding carboxylic acids is 4. The van der Waals surface area contributed by atoms with Crippen molar-refractivity contribution in [1.82, 2.24) is 44.6 Å². The SMILES string of the molecule is Cn1ncc2nc(Nc3cnn(CCOCCOCCOCCNc4cccc5c4C(=O)N(C4CCC(=O)NC4=O)C5=O)c3)nc(N[C@H]3CC[C@H](N4CCOCC4)CC3)c21. The molecule has 2 saturated heterocycles. The number of hydrogen-bond donors (Lipinski definition) is 4. The lowest BCUT2D eigenvalue weighted by Gasteiger charge is -2.39. The van der Waals surface area contributed by atoms with Gasteiger partial charge < -0.3 is 34.9 Å². The highest BCUT2D eigenvalue weighted by molar-refractivity contribution is 6.25. The molecule has 1 aliphatic carbocycles. The molecule has 4 N–H and O–H groups in total. The van der Waals surface area contributed by atoms with Crippen molar-refractivity contribution in [2.45, 2.75) is 63.2 Å². The highest BCUT2D eigenvalue weighted by Gasteiger charge is 2.45.